The van der Waals surface area contributed by atoms with E-state index >= 15 is 0 Å². The van der Waals surface area contributed by atoms with E-state index in [1.54, 1.807) is 13.3 Å². The van der Waals surface area contributed by atoms with Crippen molar-refractivity contribution in [3.05, 3.63) is 66.5 Å². The fourth-order valence-corrected chi connectivity index (χ4v) is 3.10. The number of rotatable bonds is 3. The molecule has 0 spiro atoms. The van der Waals surface area contributed by atoms with Gasteiger partial charge < -0.3 is 14.0 Å². The topological polar surface area (TPSA) is 53.4 Å². The van der Waals surface area contributed by atoms with E-state index in [1.807, 2.05) is 59.3 Å². The molecule has 0 atom stereocenters. The highest BCUT2D eigenvalue weighted by atomic mass is 16.5. The molecule has 2 aromatic heterocycles. The van der Waals surface area contributed by atoms with Gasteiger partial charge in [-0.3, -0.25) is 4.98 Å². The van der Waals surface area contributed by atoms with Crippen LogP contribution in [0, 0.1) is 0 Å². The minimum Gasteiger partial charge on any atom is -0.497 e. The lowest BCUT2D eigenvalue weighted by atomic mass is 10.1. The summed E-state index contributed by atoms with van der Waals surface area (Å²) >= 11 is 0. The second-order valence-corrected chi connectivity index (χ2v) is 5.63. The lowest BCUT2D eigenvalue weighted by Gasteiger charge is -2.10. The molecular weight excluding hydrogens is 316 g/mol. The summed E-state index contributed by atoms with van der Waals surface area (Å²) < 4.78 is 12.2. The Morgan fingerprint density at radius 3 is 2.68 bits per heavy atom. The molecule has 0 bridgehead atoms. The molecule has 2 heterocycles. The molecule has 0 fully saturated rings. The van der Waals surface area contributed by atoms with Crippen molar-refractivity contribution < 1.29 is 14.3 Å². The van der Waals surface area contributed by atoms with Crippen LogP contribution in [0.2, 0.25) is 0 Å². The third kappa shape index (κ3) is 2.41. The Morgan fingerprint density at radius 1 is 1.04 bits per heavy atom. The first-order valence-electron chi connectivity index (χ1n) is 7.84. The van der Waals surface area contributed by atoms with Gasteiger partial charge in [-0.05, 0) is 24.3 Å². The smallest absolute Gasteiger partial charge is 0.340 e. The van der Waals surface area contributed by atoms with E-state index < -0.39 is 0 Å². The Balaban J connectivity index is 2.02. The number of carbonyl (C=O) groups excluding carboxylic acids is 1. The monoisotopic (exact) mass is 332 g/mol. The lowest BCUT2D eigenvalue weighted by molar-refractivity contribution is 0.0603. The number of hydrogen-bond acceptors (Lipinski definition) is 4. The molecule has 0 aliphatic carbocycles. The molecule has 4 aromatic rings. The molecular formula is C20H16N2O3. The van der Waals surface area contributed by atoms with Crippen LogP contribution >= 0.6 is 0 Å². The van der Waals surface area contributed by atoms with Gasteiger partial charge >= 0.3 is 5.97 Å². The molecule has 0 radical (unpaired) electrons. The first-order valence-corrected chi connectivity index (χ1v) is 7.84. The van der Waals surface area contributed by atoms with E-state index in [2.05, 4.69) is 4.98 Å². The van der Waals surface area contributed by atoms with Crippen molar-refractivity contribution in [2.75, 3.05) is 14.2 Å². The second-order valence-electron chi connectivity index (χ2n) is 5.63. The maximum atomic E-state index is 12.2. The summed E-state index contributed by atoms with van der Waals surface area (Å²) in [4.78, 5) is 16.6. The zero-order chi connectivity index (χ0) is 17.4. The predicted molar refractivity (Wildman–Crippen MR) is 96.5 cm³/mol. The standard InChI is InChI=1S/C20H16N2O3/c1-24-13-7-8-15-17(11-13)21-10-9-19(15)22-12-16(20(23)25-2)14-5-3-4-6-18(14)22/h3-12H,1-2H3. The van der Waals surface area contributed by atoms with Crippen molar-refractivity contribution in [2.24, 2.45) is 0 Å². The van der Waals surface area contributed by atoms with Crippen LogP contribution in [0.1, 0.15) is 10.4 Å². The van der Waals surface area contributed by atoms with Gasteiger partial charge in [-0.2, -0.15) is 0 Å². The fourth-order valence-electron chi connectivity index (χ4n) is 3.10. The van der Waals surface area contributed by atoms with Crippen molar-refractivity contribution in [2.45, 2.75) is 0 Å². The van der Waals surface area contributed by atoms with Crippen molar-refractivity contribution in [3.63, 3.8) is 0 Å². The summed E-state index contributed by atoms with van der Waals surface area (Å²) in [5.74, 6) is 0.403. The number of pyridine rings is 1. The van der Waals surface area contributed by atoms with Gasteiger partial charge in [-0.15, -0.1) is 0 Å². The van der Waals surface area contributed by atoms with Crippen LogP contribution in [-0.4, -0.2) is 29.7 Å². The highest BCUT2D eigenvalue weighted by Crippen LogP contribution is 2.30. The zero-order valence-electron chi connectivity index (χ0n) is 13.9. The van der Waals surface area contributed by atoms with Crippen LogP contribution in [0.25, 0.3) is 27.5 Å². The van der Waals surface area contributed by atoms with Gasteiger partial charge in [0.05, 0.1) is 36.5 Å². The van der Waals surface area contributed by atoms with Gasteiger partial charge in [0.2, 0.25) is 0 Å². The van der Waals surface area contributed by atoms with Gasteiger partial charge in [0.25, 0.3) is 0 Å². The molecule has 5 heteroatoms. The Hall–Kier alpha value is -3.34. The Morgan fingerprint density at radius 2 is 1.88 bits per heavy atom. The number of methoxy groups -OCH3 is 2. The van der Waals surface area contributed by atoms with E-state index in [-0.39, 0.29) is 5.97 Å². The van der Waals surface area contributed by atoms with Gasteiger partial charge in [0, 0.05) is 29.2 Å². The minimum atomic E-state index is -0.352. The van der Waals surface area contributed by atoms with Crippen molar-refractivity contribution in [1.29, 1.82) is 0 Å². The normalized spacial score (nSPS) is 11.0. The summed E-state index contributed by atoms with van der Waals surface area (Å²) in [5, 5.41) is 1.83. The van der Waals surface area contributed by atoms with Crippen LogP contribution in [0.3, 0.4) is 0 Å². The molecule has 0 unspecified atom stereocenters. The quantitative estimate of drug-likeness (QED) is 0.533. The zero-order valence-corrected chi connectivity index (χ0v) is 13.9. The van der Waals surface area contributed by atoms with Crippen LogP contribution in [0.15, 0.2) is 60.9 Å². The number of ether oxygens (including phenoxy) is 2. The molecule has 0 saturated heterocycles. The average Bonchev–Trinajstić information content (AvgIpc) is 3.06. The number of nitrogens with zero attached hydrogens (tertiary/aromatic N) is 2. The largest absolute Gasteiger partial charge is 0.497 e. The summed E-state index contributed by atoms with van der Waals surface area (Å²) in [6.45, 7) is 0. The third-order valence-electron chi connectivity index (χ3n) is 4.30. The first kappa shape index (κ1) is 15.2. The fraction of sp³-hybridized carbons (Fsp3) is 0.100. The van der Waals surface area contributed by atoms with Gasteiger partial charge in [0.1, 0.15) is 5.75 Å². The number of aromatic nitrogens is 2. The predicted octanol–water partition coefficient (Wildman–Crippen LogP) is 3.97. The number of benzene rings is 2. The van der Waals surface area contributed by atoms with E-state index in [1.165, 1.54) is 7.11 Å². The highest BCUT2D eigenvalue weighted by molar-refractivity contribution is 6.05. The Kier molecular flexibility index (Phi) is 3.61. The number of hydrogen-bond donors (Lipinski definition) is 0. The van der Waals surface area contributed by atoms with E-state index in [0.29, 0.717) is 5.56 Å². The molecule has 25 heavy (non-hydrogen) atoms. The van der Waals surface area contributed by atoms with E-state index in [0.717, 1.165) is 33.2 Å². The number of carbonyl (C=O) groups is 1. The molecule has 0 N–H and O–H groups in total. The summed E-state index contributed by atoms with van der Waals surface area (Å²) in [5.41, 5.74) is 3.25. The summed E-state index contributed by atoms with van der Waals surface area (Å²) in [7, 11) is 3.02. The maximum absolute atomic E-state index is 12.2. The highest BCUT2D eigenvalue weighted by Gasteiger charge is 2.17. The molecule has 2 aromatic carbocycles. The molecule has 124 valence electrons. The van der Waals surface area contributed by atoms with Gasteiger partial charge in [-0.25, -0.2) is 4.79 Å². The molecule has 0 aliphatic heterocycles. The van der Waals surface area contributed by atoms with E-state index in [4.69, 9.17) is 9.47 Å². The summed E-state index contributed by atoms with van der Waals surface area (Å²) in [6.07, 6.45) is 3.57. The molecule has 0 saturated carbocycles. The molecule has 0 amide bonds. The first-order chi connectivity index (χ1) is 12.2. The van der Waals surface area contributed by atoms with Crippen molar-refractivity contribution in [1.82, 2.24) is 9.55 Å². The number of fused-ring (bicyclic) bond motifs is 2. The van der Waals surface area contributed by atoms with Crippen molar-refractivity contribution in [3.8, 4) is 11.4 Å². The van der Waals surface area contributed by atoms with E-state index in [9.17, 15) is 4.79 Å². The maximum Gasteiger partial charge on any atom is 0.340 e. The Labute approximate surface area is 144 Å². The number of para-hydroxylation sites is 1. The second kappa shape index (κ2) is 5.94. The van der Waals surface area contributed by atoms with Crippen LogP contribution < -0.4 is 4.74 Å². The van der Waals surface area contributed by atoms with Gasteiger partial charge in [-0.1, -0.05) is 18.2 Å². The molecule has 0 aliphatic rings. The molecule has 5 nitrogen and oxygen atoms in total. The summed E-state index contributed by atoms with van der Waals surface area (Å²) in [6, 6.07) is 15.5. The van der Waals surface area contributed by atoms with Crippen molar-refractivity contribution >= 4 is 27.8 Å². The minimum absolute atomic E-state index is 0.352. The van der Waals surface area contributed by atoms with Crippen LogP contribution in [0.4, 0.5) is 0 Å². The molecule has 4 rings (SSSR count). The SMILES string of the molecule is COC(=O)c1cn(-c2ccnc3cc(OC)ccc23)c2ccccc12. The average molecular weight is 332 g/mol. The van der Waals surface area contributed by atoms with Crippen LogP contribution in [0.5, 0.6) is 5.75 Å². The lowest BCUT2D eigenvalue weighted by Crippen LogP contribution is -2.00. The number of esters is 1. The Bertz CT molecular complexity index is 1100. The van der Waals surface area contributed by atoms with Crippen LogP contribution in [-0.2, 0) is 4.74 Å². The third-order valence-corrected chi connectivity index (χ3v) is 4.30. The van der Waals surface area contributed by atoms with Gasteiger partial charge in [0.15, 0.2) is 0 Å².